The van der Waals surface area contributed by atoms with E-state index >= 15 is 0 Å². The zero-order chi connectivity index (χ0) is 24.4. The van der Waals surface area contributed by atoms with Gasteiger partial charge in [0.05, 0.1) is 16.9 Å². The predicted molar refractivity (Wildman–Crippen MR) is 134 cm³/mol. The standard InChI is InChI=1S/C27H21F2N3O2S/c28-21-14-17-7-9-20(32-23(17)15-22(21)29)8-6-16-3-1-4-19-13-18-5-2-11-31-25(18)27(34-26(16)19)35-12-10-24(30)33/h1-9,11,14-15,27H,10,12-13H2,(H2,30,33). The van der Waals surface area contributed by atoms with Gasteiger partial charge in [0.1, 0.15) is 5.75 Å². The van der Waals surface area contributed by atoms with Gasteiger partial charge in [-0.15, -0.1) is 11.8 Å². The number of hydrogen-bond acceptors (Lipinski definition) is 5. The summed E-state index contributed by atoms with van der Waals surface area (Å²) in [6.45, 7) is 0. The van der Waals surface area contributed by atoms with E-state index in [1.165, 1.54) is 11.8 Å². The molecular formula is C27H21F2N3O2S. The van der Waals surface area contributed by atoms with Crippen LogP contribution in [-0.2, 0) is 11.2 Å². The molecule has 5 nitrogen and oxygen atoms in total. The number of para-hydroxylation sites is 1. The Morgan fingerprint density at radius 3 is 2.77 bits per heavy atom. The number of hydrogen-bond donors (Lipinski definition) is 1. The Balaban J connectivity index is 1.47. The highest BCUT2D eigenvalue weighted by Gasteiger charge is 2.26. The van der Waals surface area contributed by atoms with Crippen LogP contribution in [0.4, 0.5) is 8.78 Å². The van der Waals surface area contributed by atoms with E-state index in [0.717, 1.165) is 40.3 Å². The third-order valence-electron chi connectivity index (χ3n) is 5.69. The van der Waals surface area contributed by atoms with Gasteiger partial charge < -0.3 is 10.5 Å². The maximum Gasteiger partial charge on any atom is 0.218 e. The molecule has 0 radical (unpaired) electrons. The van der Waals surface area contributed by atoms with Crippen molar-refractivity contribution in [3.05, 3.63) is 101 Å². The van der Waals surface area contributed by atoms with Gasteiger partial charge in [-0.2, -0.15) is 0 Å². The second-order valence-electron chi connectivity index (χ2n) is 8.13. The molecule has 0 spiro atoms. The summed E-state index contributed by atoms with van der Waals surface area (Å²) < 4.78 is 33.6. The van der Waals surface area contributed by atoms with Gasteiger partial charge in [0.2, 0.25) is 5.91 Å². The number of amides is 1. The van der Waals surface area contributed by atoms with E-state index in [4.69, 9.17) is 10.5 Å². The molecule has 8 heteroatoms. The SMILES string of the molecule is NC(=O)CCSC1Oc2c(C=Cc3ccc4cc(F)c(F)cc4n3)cccc2Cc2cccnc21. The van der Waals surface area contributed by atoms with Gasteiger partial charge in [0.15, 0.2) is 17.1 Å². The van der Waals surface area contributed by atoms with Gasteiger partial charge in [-0.1, -0.05) is 30.3 Å². The van der Waals surface area contributed by atoms with Crippen LogP contribution in [0.15, 0.2) is 60.8 Å². The van der Waals surface area contributed by atoms with E-state index in [9.17, 15) is 13.6 Å². The summed E-state index contributed by atoms with van der Waals surface area (Å²) in [6.07, 6.45) is 6.35. The lowest BCUT2D eigenvalue weighted by atomic mass is 10.0. The van der Waals surface area contributed by atoms with Crippen molar-refractivity contribution >= 4 is 40.7 Å². The van der Waals surface area contributed by atoms with E-state index in [1.807, 2.05) is 42.5 Å². The molecule has 1 aliphatic heterocycles. The van der Waals surface area contributed by atoms with Crippen LogP contribution in [0, 0.1) is 11.6 Å². The van der Waals surface area contributed by atoms with Crippen molar-refractivity contribution in [2.75, 3.05) is 5.75 Å². The summed E-state index contributed by atoms with van der Waals surface area (Å²) >= 11 is 1.48. The fourth-order valence-electron chi connectivity index (χ4n) is 3.98. The second-order valence-corrected chi connectivity index (χ2v) is 9.30. The van der Waals surface area contributed by atoms with Gasteiger partial charge >= 0.3 is 0 Å². The highest BCUT2D eigenvalue weighted by atomic mass is 32.2. The maximum absolute atomic E-state index is 13.7. The van der Waals surface area contributed by atoms with Gasteiger partial charge in [-0.25, -0.2) is 13.8 Å². The topological polar surface area (TPSA) is 78.1 Å². The van der Waals surface area contributed by atoms with Crippen LogP contribution in [0.3, 0.4) is 0 Å². The molecule has 5 rings (SSSR count). The Kier molecular flexibility index (Phi) is 6.46. The highest BCUT2D eigenvalue weighted by molar-refractivity contribution is 7.99. The minimum atomic E-state index is -0.930. The van der Waals surface area contributed by atoms with Crippen LogP contribution in [0.5, 0.6) is 5.75 Å². The Morgan fingerprint density at radius 1 is 1.09 bits per heavy atom. The van der Waals surface area contributed by atoms with Crippen molar-refractivity contribution in [1.82, 2.24) is 9.97 Å². The molecule has 2 N–H and O–H groups in total. The number of carbonyl (C=O) groups is 1. The van der Waals surface area contributed by atoms with Crippen molar-refractivity contribution in [2.24, 2.45) is 5.73 Å². The number of carbonyl (C=O) groups excluding carboxylic acids is 1. The molecule has 1 aliphatic rings. The summed E-state index contributed by atoms with van der Waals surface area (Å²) in [7, 11) is 0. The fourth-order valence-corrected chi connectivity index (χ4v) is 5.05. The van der Waals surface area contributed by atoms with Crippen LogP contribution in [0.1, 0.15) is 39.9 Å². The van der Waals surface area contributed by atoms with Crippen LogP contribution in [0.25, 0.3) is 23.1 Å². The van der Waals surface area contributed by atoms with E-state index in [2.05, 4.69) is 9.97 Å². The number of aromatic nitrogens is 2. The van der Waals surface area contributed by atoms with Crippen molar-refractivity contribution in [1.29, 1.82) is 0 Å². The minimum Gasteiger partial charge on any atom is -0.472 e. The summed E-state index contributed by atoms with van der Waals surface area (Å²) in [4.78, 5) is 20.2. The Morgan fingerprint density at radius 2 is 1.91 bits per heavy atom. The Bertz CT molecular complexity index is 1460. The van der Waals surface area contributed by atoms with Crippen molar-refractivity contribution in [2.45, 2.75) is 18.3 Å². The second kappa shape index (κ2) is 9.84. The van der Waals surface area contributed by atoms with Crippen LogP contribution >= 0.6 is 11.8 Å². The minimum absolute atomic E-state index is 0.249. The van der Waals surface area contributed by atoms with Gasteiger partial charge in [-0.05, 0) is 41.5 Å². The first-order valence-corrected chi connectivity index (χ1v) is 12.1. The molecule has 1 unspecified atom stereocenters. The molecule has 2 aromatic carbocycles. The molecule has 176 valence electrons. The monoisotopic (exact) mass is 489 g/mol. The molecule has 0 fully saturated rings. The fraction of sp³-hybridized carbons (Fsp3) is 0.148. The summed E-state index contributed by atoms with van der Waals surface area (Å²) in [6, 6.07) is 15.6. The molecule has 1 atom stereocenters. The van der Waals surface area contributed by atoms with Crippen molar-refractivity contribution in [3.63, 3.8) is 0 Å². The van der Waals surface area contributed by atoms with Gasteiger partial charge in [0.25, 0.3) is 0 Å². The first-order chi connectivity index (χ1) is 17.0. The number of thioether (sulfide) groups is 1. The van der Waals surface area contributed by atoms with E-state index in [1.54, 1.807) is 18.3 Å². The maximum atomic E-state index is 13.7. The van der Waals surface area contributed by atoms with Gasteiger partial charge in [0, 0.05) is 41.8 Å². The molecule has 1 amide bonds. The number of nitrogens with zero attached hydrogens (tertiary/aromatic N) is 2. The lowest BCUT2D eigenvalue weighted by Crippen LogP contribution is -2.13. The summed E-state index contributed by atoms with van der Waals surface area (Å²) in [5.41, 5.74) is 9.67. The molecular weight excluding hydrogens is 468 g/mol. The highest BCUT2D eigenvalue weighted by Crippen LogP contribution is 2.41. The largest absolute Gasteiger partial charge is 0.472 e. The van der Waals surface area contributed by atoms with Gasteiger partial charge in [-0.3, -0.25) is 9.78 Å². The molecule has 35 heavy (non-hydrogen) atoms. The first kappa shape index (κ1) is 23.0. The predicted octanol–water partition coefficient (Wildman–Crippen LogP) is 5.67. The number of ether oxygens (including phenoxy) is 1. The smallest absolute Gasteiger partial charge is 0.218 e. The molecule has 0 bridgehead atoms. The molecule has 0 aliphatic carbocycles. The van der Waals surface area contributed by atoms with Crippen molar-refractivity contribution < 1.29 is 18.3 Å². The number of primary amides is 1. The zero-order valence-corrected chi connectivity index (χ0v) is 19.4. The zero-order valence-electron chi connectivity index (χ0n) is 18.6. The average molecular weight is 490 g/mol. The Labute approximate surface area is 205 Å². The molecule has 0 saturated heterocycles. The Hall–Kier alpha value is -3.78. The lowest BCUT2D eigenvalue weighted by molar-refractivity contribution is -0.117. The number of nitrogens with two attached hydrogens (primary N) is 1. The third kappa shape index (κ3) is 5.02. The lowest BCUT2D eigenvalue weighted by Gasteiger charge is -2.19. The normalized spacial score (nSPS) is 14.9. The third-order valence-corrected chi connectivity index (χ3v) is 6.75. The average Bonchev–Trinajstić information content (AvgIpc) is 3.00. The first-order valence-electron chi connectivity index (χ1n) is 11.0. The number of benzene rings is 2. The van der Waals surface area contributed by atoms with E-state index < -0.39 is 17.1 Å². The van der Waals surface area contributed by atoms with Crippen LogP contribution in [-0.4, -0.2) is 21.6 Å². The van der Waals surface area contributed by atoms with Crippen molar-refractivity contribution in [3.8, 4) is 5.75 Å². The number of pyridine rings is 2. The van der Waals surface area contributed by atoms with E-state index in [0.29, 0.717) is 28.8 Å². The number of fused-ring (bicyclic) bond motifs is 3. The number of halogens is 2. The number of rotatable bonds is 6. The summed E-state index contributed by atoms with van der Waals surface area (Å²) in [5, 5.41) is 0.527. The van der Waals surface area contributed by atoms with E-state index in [-0.39, 0.29) is 12.3 Å². The van der Waals surface area contributed by atoms with Crippen LogP contribution < -0.4 is 10.5 Å². The van der Waals surface area contributed by atoms with Crippen LogP contribution in [0.2, 0.25) is 0 Å². The molecule has 3 heterocycles. The molecule has 4 aromatic rings. The summed E-state index contributed by atoms with van der Waals surface area (Å²) in [5.74, 6) is -0.942. The molecule has 2 aromatic heterocycles. The molecule has 0 saturated carbocycles. The quantitative estimate of drug-likeness (QED) is 0.378.